The van der Waals surface area contributed by atoms with E-state index in [0.29, 0.717) is 43.0 Å². The molecule has 2 heterocycles. The molecule has 0 radical (unpaired) electrons. The van der Waals surface area contributed by atoms with Crippen LogP contribution in [0.1, 0.15) is 25.5 Å². The first-order valence-corrected chi connectivity index (χ1v) is 8.63. The molecule has 2 rings (SSSR count). The summed E-state index contributed by atoms with van der Waals surface area (Å²) in [6.07, 6.45) is 1.14. The summed E-state index contributed by atoms with van der Waals surface area (Å²) < 4.78 is 26.4. The first-order valence-electron chi connectivity index (χ1n) is 6.37. The molecule has 1 aromatic heterocycles. The molecule has 2 N–H and O–H groups in total. The molecule has 1 aromatic rings. The first-order chi connectivity index (χ1) is 9.37. The van der Waals surface area contributed by atoms with E-state index < -0.39 is 20.9 Å². The lowest BCUT2D eigenvalue weighted by Gasteiger charge is -2.22. The fourth-order valence-corrected chi connectivity index (χ4v) is 5.39. The van der Waals surface area contributed by atoms with Crippen molar-refractivity contribution in [3.8, 4) is 0 Å². The van der Waals surface area contributed by atoms with Crippen LogP contribution in [0.25, 0.3) is 0 Å². The number of rotatable bonds is 4. The lowest BCUT2D eigenvalue weighted by Crippen LogP contribution is -2.45. The number of aromatic nitrogens is 1. The van der Waals surface area contributed by atoms with Crippen LogP contribution in [0.5, 0.6) is 0 Å². The van der Waals surface area contributed by atoms with Crippen LogP contribution in [-0.2, 0) is 14.8 Å². The second kappa shape index (κ2) is 5.66. The smallest absolute Gasteiger partial charge is 0.305 e. The Labute approximate surface area is 121 Å². The van der Waals surface area contributed by atoms with E-state index in [2.05, 4.69) is 10.3 Å². The van der Waals surface area contributed by atoms with Crippen LogP contribution in [0.3, 0.4) is 0 Å². The summed E-state index contributed by atoms with van der Waals surface area (Å²) in [7, 11) is -3.80. The molecular weight excluding hydrogens is 302 g/mol. The standard InChI is InChI=1S/C11H17N3O4S2/c1-3-12-9(15)8-5-4-6-14(8)20(17,18)10-7(2)13-11(16)19-10/h8H,3-6H2,1-2H3,(H,12,15)(H,13,16). The van der Waals surface area contributed by atoms with Crippen molar-refractivity contribution < 1.29 is 13.2 Å². The number of hydrogen-bond acceptors (Lipinski definition) is 5. The van der Waals surface area contributed by atoms with Crippen molar-refractivity contribution >= 4 is 27.3 Å². The fourth-order valence-electron chi connectivity index (χ4n) is 2.32. The minimum absolute atomic E-state index is 0.00121. The van der Waals surface area contributed by atoms with Gasteiger partial charge in [0.05, 0.1) is 0 Å². The minimum atomic E-state index is -3.80. The second-order valence-electron chi connectivity index (χ2n) is 4.60. The predicted molar refractivity (Wildman–Crippen MR) is 75.3 cm³/mol. The zero-order valence-electron chi connectivity index (χ0n) is 11.3. The molecule has 112 valence electrons. The van der Waals surface area contributed by atoms with Gasteiger partial charge in [-0.15, -0.1) is 0 Å². The number of nitrogens with zero attached hydrogens (tertiary/aromatic N) is 1. The SMILES string of the molecule is CCNC(=O)C1CCCN1S(=O)(=O)c1sc(=O)[nH]c1C. The van der Waals surface area contributed by atoms with Gasteiger partial charge in [-0.1, -0.05) is 11.3 Å². The number of H-pyrrole nitrogens is 1. The molecule has 7 nitrogen and oxygen atoms in total. The maximum atomic E-state index is 12.6. The quantitative estimate of drug-likeness (QED) is 0.818. The molecule has 1 fully saturated rings. The average molecular weight is 319 g/mol. The van der Waals surface area contributed by atoms with Crippen molar-refractivity contribution in [3.63, 3.8) is 0 Å². The Balaban J connectivity index is 2.36. The van der Waals surface area contributed by atoms with Gasteiger partial charge in [0, 0.05) is 18.8 Å². The number of nitrogens with one attached hydrogen (secondary N) is 2. The summed E-state index contributed by atoms with van der Waals surface area (Å²) in [6, 6.07) is -0.684. The summed E-state index contributed by atoms with van der Waals surface area (Å²) >= 11 is 0.663. The third-order valence-electron chi connectivity index (χ3n) is 3.18. The maximum Gasteiger partial charge on any atom is 0.305 e. The summed E-state index contributed by atoms with van der Waals surface area (Å²) in [5, 5.41) is 2.65. The molecule has 20 heavy (non-hydrogen) atoms. The van der Waals surface area contributed by atoms with Gasteiger partial charge in [-0.25, -0.2) is 8.42 Å². The molecule has 1 saturated heterocycles. The molecule has 1 amide bonds. The number of aryl methyl sites for hydroxylation is 1. The third kappa shape index (κ3) is 2.65. The summed E-state index contributed by atoms with van der Waals surface area (Å²) in [5.74, 6) is -0.283. The Morgan fingerprint density at radius 2 is 2.25 bits per heavy atom. The van der Waals surface area contributed by atoms with E-state index in [1.54, 1.807) is 13.8 Å². The Kier molecular flexibility index (Phi) is 4.31. The lowest BCUT2D eigenvalue weighted by atomic mass is 10.2. The van der Waals surface area contributed by atoms with Crippen LogP contribution in [0.15, 0.2) is 9.00 Å². The molecule has 0 bridgehead atoms. The van der Waals surface area contributed by atoms with E-state index in [0.717, 1.165) is 0 Å². The van der Waals surface area contributed by atoms with Gasteiger partial charge in [0.1, 0.15) is 6.04 Å². The van der Waals surface area contributed by atoms with E-state index in [1.807, 2.05) is 0 Å². The van der Waals surface area contributed by atoms with Crippen LogP contribution in [0.4, 0.5) is 0 Å². The number of sulfonamides is 1. The molecule has 1 unspecified atom stereocenters. The topological polar surface area (TPSA) is 99.3 Å². The van der Waals surface area contributed by atoms with Crippen LogP contribution in [0, 0.1) is 6.92 Å². The Bertz CT molecular complexity index is 661. The van der Waals surface area contributed by atoms with Crippen LogP contribution in [-0.4, -0.2) is 42.7 Å². The first kappa shape index (κ1) is 15.2. The van der Waals surface area contributed by atoms with Gasteiger partial charge in [0.15, 0.2) is 4.21 Å². The normalized spacial score (nSPS) is 20.2. The van der Waals surface area contributed by atoms with Gasteiger partial charge in [0.25, 0.3) is 10.0 Å². The highest BCUT2D eigenvalue weighted by molar-refractivity contribution is 7.91. The zero-order chi connectivity index (χ0) is 14.9. The summed E-state index contributed by atoms with van der Waals surface area (Å²) in [4.78, 5) is 25.3. The van der Waals surface area contributed by atoms with Gasteiger partial charge in [-0.2, -0.15) is 4.31 Å². The van der Waals surface area contributed by atoms with Crippen molar-refractivity contribution in [1.29, 1.82) is 0 Å². The number of likely N-dealkylation sites (N-methyl/N-ethyl adjacent to an activating group) is 1. The van der Waals surface area contributed by atoms with Crippen molar-refractivity contribution in [2.45, 2.75) is 36.9 Å². The number of carbonyl (C=O) groups excluding carboxylic acids is 1. The van der Waals surface area contributed by atoms with Gasteiger partial charge >= 0.3 is 4.87 Å². The molecule has 1 atom stereocenters. The average Bonchev–Trinajstić information content (AvgIpc) is 2.96. The summed E-state index contributed by atoms with van der Waals surface area (Å²) in [6.45, 7) is 4.09. The van der Waals surface area contributed by atoms with Crippen LogP contribution >= 0.6 is 11.3 Å². The highest BCUT2D eigenvalue weighted by Crippen LogP contribution is 2.28. The lowest BCUT2D eigenvalue weighted by molar-refractivity contribution is -0.124. The molecule has 0 spiro atoms. The van der Waals surface area contributed by atoms with Crippen molar-refractivity contribution in [2.24, 2.45) is 0 Å². The van der Waals surface area contributed by atoms with E-state index >= 15 is 0 Å². The Morgan fingerprint density at radius 1 is 1.55 bits per heavy atom. The number of amides is 1. The number of aromatic amines is 1. The van der Waals surface area contributed by atoms with Gasteiger partial charge in [-0.05, 0) is 26.7 Å². The van der Waals surface area contributed by atoms with Gasteiger partial charge in [-0.3, -0.25) is 9.59 Å². The maximum absolute atomic E-state index is 12.6. The predicted octanol–water partition coefficient (Wildman–Crippen LogP) is 0.0340. The van der Waals surface area contributed by atoms with Gasteiger partial charge < -0.3 is 10.3 Å². The van der Waals surface area contributed by atoms with Gasteiger partial charge in [0.2, 0.25) is 5.91 Å². The Morgan fingerprint density at radius 3 is 2.80 bits per heavy atom. The largest absolute Gasteiger partial charge is 0.355 e. The van der Waals surface area contributed by atoms with E-state index in [9.17, 15) is 18.0 Å². The highest BCUT2D eigenvalue weighted by atomic mass is 32.2. The summed E-state index contributed by atoms with van der Waals surface area (Å²) in [5.41, 5.74) is 0.321. The molecule has 1 aliphatic heterocycles. The third-order valence-corrected chi connectivity index (χ3v) is 6.67. The van der Waals surface area contributed by atoms with Crippen LogP contribution in [0.2, 0.25) is 0 Å². The van der Waals surface area contributed by atoms with Crippen molar-refractivity contribution in [3.05, 3.63) is 15.4 Å². The number of carbonyl (C=O) groups is 1. The molecule has 1 aliphatic rings. The van der Waals surface area contributed by atoms with E-state index in [-0.39, 0.29) is 10.1 Å². The number of hydrogen-bond donors (Lipinski definition) is 2. The minimum Gasteiger partial charge on any atom is -0.355 e. The molecule has 9 heteroatoms. The number of thiazole rings is 1. The van der Waals surface area contributed by atoms with E-state index in [4.69, 9.17) is 0 Å². The monoisotopic (exact) mass is 319 g/mol. The molecule has 0 aliphatic carbocycles. The highest BCUT2D eigenvalue weighted by Gasteiger charge is 2.40. The molecule has 0 aromatic carbocycles. The zero-order valence-corrected chi connectivity index (χ0v) is 12.9. The van der Waals surface area contributed by atoms with E-state index in [1.165, 1.54) is 4.31 Å². The molecular formula is C11H17N3O4S2. The fraction of sp³-hybridized carbons (Fsp3) is 0.636. The van der Waals surface area contributed by atoms with Crippen molar-refractivity contribution in [1.82, 2.24) is 14.6 Å². The second-order valence-corrected chi connectivity index (χ2v) is 7.66. The Hall–Kier alpha value is -1.19. The van der Waals surface area contributed by atoms with Crippen molar-refractivity contribution in [2.75, 3.05) is 13.1 Å². The molecule has 0 saturated carbocycles. The van der Waals surface area contributed by atoms with Crippen LogP contribution < -0.4 is 10.2 Å².